The Balaban J connectivity index is -0.000000403. The molecule has 5 nitrogen and oxygen atoms in total. The van der Waals surface area contributed by atoms with E-state index in [2.05, 4.69) is 15.2 Å². The summed E-state index contributed by atoms with van der Waals surface area (Å²) in [6.45, 7) is 1.18. The summed E-state index contributed by atoms with van der Waals surface area (Å²) >= 11 is 0. The molecule has 0 saturated carbocycles. The zero-order valence-corrected chi connectivity index (χ0v) is 10.1. The van der Waals surface area contributed by atoms with E-state index in [-0.39, 0.29) is 37.2 Å². The highest BCUT2D eigenvalue weighted by Gasteiger charge is 1.99. The topological polar surface area (TPSA) is 93.6 Å². The summed E-state index contributed by atoms with van der Waals surface area (Å²) in [6.07, 6.45) is 1.47. The van der Waals surface area contributed by atoms with Crippen LogP contribution in [0.25, 0.3) is 0 Å². The summed E-state index contributed by atoms with van der Waals surface area (Å²) in [4.78, 5) is 4.16. The molecule has 8 heteroatoms. The van der Waals surface area contributed by atoms with Gasteiger partial charge in [-0.1, -0.05) is 0 Å². The first-order valence-electron chi connectivity index (χ1n) is 3.67. The molecular formula is C6H16Cl3N5. The number of aromatic amines is 1. The van der Waals surface area contributed by atoms with E-state index in [1.54, 1.807) is 0 Å². The predicted molar refractivity (Wildman–Crippen MR) is 63.6 cm³/mol. The molecule has 0 atom stereocenters. The molecule has 1 aromatic heterocycles. The maximum Gasteiger partial charge on any atom is 0.151 e. The van der Waals surface area contributed by atoms with Crippen molar-refractivity contribution >= 4 is 37.2 Å². The second-order valence-corrected chi connectivity index (χ2v) is 2.28. The van der Waals surface area contributed by atoms with Gasteiger partial charge >= 0.3 is 0 Å². The van der Waals surface area contributed by atoms with E-state index in [0.717, 1.165) is 24.5 Å². The van der Waals surface area contributed by atoms with Crippen molar-refractivity contribution in [1.82, 2.24) is 15.2 Å². The highest BCUT2D eigenvalue weighted by molar-refractivity contribution is 5.86. The van der Waals surface area contributed by atoms with Gasteiger partial charge in [0.15, 0.2) is 5.82 Å². The van der Waals surface area contributed by atoms with Crippen molar-refractivity contribution in [2.45, 2.75) is 12.8 Å². The van der Waals surface area contributed by atoms with E-state index in [1.165, 1.54) is 0 Å². The minimum atomic E-state index is 0. The number of halogens is 3. The molecule has 0 aliphatic rings. The Hall–Kier alpha value is -0.0700. The molecule has 0 saturated heterocycles. The summed E-state index contributed by atoms with van der Waals surface area (Å²) in [7, 11) is 0. The van der Waals surface area contributed by atoms with Gasteiger partial charge in [0.2, 0.25) is 0 Å². The molecule has 0 aliphatic heterocycles. The van der Waals surface area contributed by atoms with E-state index in [4.69, 9.17) is 11.5 Å². The summed E-state index contributed by atoms with van der Waals surface area (Å²) in [6, 6.07) is 0. The lowest BCUT2D eigenvalue weighted by Crippen LogP contribution is -2.05. The minimum Gasteiger partial charge on any atom is -0.330 e. The van der Waals surface area contributed by atoms with Gasteiger partial charge in [-0.3, -0.25) is 5.10 Å². The van der Waals surface area contributed by atoms with Crippen LogP contribution in [0.1, 0.15) is 11.6 Å². The molecule has 0 radical (unpaired) electrons. The van der Waals surface area contributed by atoms with Crippen molar-refractivity contribution in [2.24, 2.45) is 11.5 Å². The standard InChI is InChI=1S/C6H13N5.3ClH/c7-3-1-5-9-6(2-4-8)11-10-5;;;/h1-4,7-8H2,(H,9,10,11);3*1H. The van der Waals surface area contributed by atoms with Gasteiger partial charge in [0.1, 0.15) is 5.82 Å². The van der Waals surface area contributed by atoms with Crippen LogP contribution in [0.3, 0.4) is 0 Å². The van der Waals surface area contributed by atoms with Crippen LogP contribution < -0.4 is 11.5 Å². The number of aromatic nitrogens is 3. The number of nitrogens with zero attached hydrogens (tertiary/aromatic N) is 2. The van der Waals surface area contributed by atoms with Crippen molar-refractivity contribution < 1.29 is 0 Å². The third-order valence-electron chi connectivity index (χ3n) is 1.33. The molecule has 1 rings (SSSR count). The number of H-pyrrole nitrogens is 1. The van der Waals surface area contributed by atoms with E-state index < -0.39 is 0 Å². The second kappa shape index (κ2) is 11.0. The lowest BCUT2D eigenvalue weighted by molar-refractivity contribution is 0.873. The normalized spacial score (nSPS) is 8.14. The van der Waals surface area contributed by atoms with Gasteiger partial charge in [-0.2, -0.15) is 5.10 Å². The maximum atomic E-state index is 5.33. The Morgan fingerprint density at radius 1 is 1.00 bits per heavy atom. The van der Waals surface area contributed by atoms with Crippen LogP contribution in [0.4, 0.5) is 0 Å². The fraction of sp³-hybridized carbons (Fsp3) is 0.667. The maximum absolute atomic E-state index is 5.33. The first kappa shape index (κ1) is 19.5. The average molecular weight is 265 g/mol. The smallest absolute Gasteiger partial charge is 0.151 e. The van der Waals surface area contributed by atoms with Gasteiger partial charge in [-0.15, -0.1) is 37.2 Å². The third-order valence-corrected chi connectivity index (χ3v) is 1.33. The summed E-state index contributed by atoms with van der Waals surface area (Å²) in [5.74, 6) is 1.62. The third kappa shape index (κ3) is 6.39. The summed E-state index contributed by atoms with van der Waals surface area (Å²) in [5, 5.41) is 6.75. The van der Waals surface area contributed by atoms with Crippen LogP contribution in [0.15, 0.2) is 0 Å². The number of nitrogens with one attached hydrogen (secondary N) is 1. The zero-order chi connectivity index (χ0) is 8.10. The van der Waals surface area contributed by atoms with Crippen molar-refractivity contribution in [1.29, 1.82) is 0 Å². The largest absolute Gasteiger partial charge is 0.330 e. The van der Waals surface area contributed by atoms with Crippen LogP contribution in [0, 0.1) is 0 Å². The van der Waals surface area contributed by atoms with Gasteiger partial charge in [0.05, 0.1) is 0 Å². The van der Waals surface area contributed by atoms with Gasteiger partial charge in [-0.25, -0.2) is 4.98 Å². The molecule has 0 amide bonds. The van der Waals surface area contributed by atoms with Crippen LogP contribution in [-0.2, 0) is 12.8 Å². The Labute approximate surface area is 102 Å². The molecule has 0 unspecified atom stereocenters. The molecule has 5 N–H and O–H groups in total. The lowest BCUT2D eigenvalue weighted by Gasteiger charge is -1.87. The van der Waals surface area contributed by atoms with Crippen molar-refractivity contribution in [3.05, 3.63) is 11.6 Å². The predicted octanol–water partition coefficient (Wildman–Crippen LogP) is 0.0725. The molecule has 0 fully saturated rings. The number of hydrogen-bond donors (Lipinski definition) is 3. The Morgan fingerprint density at radius 3 is 2.07 bits per heavy atom. The Bertz CT molecular complexity index is 196. The molecule has 0 spiro atoms. The van der Waals surface area contributed by atoms with Crippen LogP contribution in [0.2, 0.25) is 0 Å². The van der Waals surface area contributed by atoms with Crippen LogP contribution in [-0.4, -0.2) is 28.3 Å². The van der Waals surface area contributed by atoms with Crippen molar-refractivity contribution in [3.8, 4) is 0 Å². The number of nitrogens with two attached hydrogens (primary N) is 2. The average Bonchev–Trinajstić information content (AvgIpc) is 2.38. The SMILES string of the molecule is Cl.Cl.Cl.NCCc1n[nH]c(CCN)n1. The molecule has 0 bridgehead atoms. The fourth-order valence-electron chi connectivity index (χ4n) is 0.824. The van der Waals surface area contributed by atoms with Crippen molar-refractivity contribution in [3.63, 3.8) is 0 Å². The quantitative estimate of drug-likeness (QED) is 0.717. The Morgan fingerprint density at radius 2 is 1.57 bits per heavy atom. The lowest BCUT2D eigenvalue weighted by atomic mass is 10.4. The molecule has 1 heterocycles. The zero-order valence-electron chi connectivity index (χ0n) is 7.60. The summed E-state index contributed by atoms with van der Waals surface area (Å²) in [5.41, 5.74) is 10.7. The fourth-order valence-corrected chi connectivity index (χ4v) is 0.824. The van der Waals surface area contributed by atoms with Gasteiger partial charge in [-0.05, 0) is 13.1 Å². The number of rotatable bonds is 4. The molecule has 0 aliphatic carbocycles. The molecule has 1 aromatic rings. The van der Waals surface area contributed by atoms with E-state index in [9.17, 15) is 0 Å². The number of hydrogen-bond acceptors (Lipinski definition) is 4. The van der Waals surface area contributed by atoms with Gasteiger partial charge < -0.3 is 11.5 Å². The molecule has 0 aromatic carbocycles. The van der Waals surface area contributed by atoms with Crippen LogP contribution >= 0.6 is 37.2 Å². The van der Waals surface area contributed by atoms with Gasteiger partial charge in [0, 0.05) is 12.8 Å². The monoisotopic (exact) mass is 263 g/mol. The first-order chi connectivity index (χ1) is 5.36. The first-order valence-corrected chi connectivity index (χ1v) is 3.67. The summed E-state index contributed by atoms with van der Waals surface area (Å²) < 4.78 is 0. The Kier molecular flexibility index (Phi) is 15.3. The van der Waals surface area contributed by atoms with E-state index in [0.29, 0.717) is 13.1 Å². The van der Waals surface area contributed by atoms with E-state index in [1.807, 2.05) is 0 Å². The molecule has 14 heavy (non-hydrogen) atoms. The van der Waals surface area contributed by atoms with Crippen LogP contribution in [0.5, 0.6) is 0 Å². The second-order valence-electron chi connectivity index (χ2n) is 2.28. The highest BCUT2D eigenvalue weighted by Crippen LogP contribution is 1.92. The van der Waals surface area contributed by atoms with Gasteiger partial charge in [0.25, 0.3) is 0 Å². The molecular weight excluding hydrogens is 248 g/mol. The minimum absolute atomic E-state index is 0. The molecule has 86 valence electrons. The van der Waals surface area contributed by atoms with E-state index >= 15 is 0 Å². The highest BCUT2D eigenvalue weighted by atomic mass is 35.5. The van der Waals surface area contributed by atoms with Crippen molar-refractivity contribution in [2.75, 3.05) is 13.1 Å².